The minimum Gasteiger partial charge on any atom is -0.329 e. The number of nitrogens with zero attached hydrogens (tertiary/aromatic N) is 1. The molecule has 1 unspecified atom stereocenters. The number of nitrogens with two attached hydrogens (primary N) is 1. The van der Waals surface area contributed by atoms with Gasteiger partial charge in [-0.1, -0.05) is 27.5 Å². The van der Waals surface area contributed by atoms with E-state index in [2.05, 4.69) is 55.3 Å². The second kappa shape index (κ2) is 7.38. The molecular weight excluding hydrogens is 423 g/mol. The van der Waals surface area contributed by atoms with Gasteiger partial charge in [-0.25, -0.2) is 0 Å². The average molecular weight is 439 g/mol. The number of hydrogen-bond acceptors (Lipinski definition) is 3. The van der Waals surface area contributed by atoms with Gasteiger partial charge in [0.1, 0.15) is 0 Å². The highest BCUT2D eigenvalue weighted by Crippen LogP contribution is 2.31. The number of hydrogen-bond donors (Lipinski definition) is 1. The van der Waals surface area contributed by atoms with E-state index in [1.54, 1.807) is 11.3 Å². The topological polar surface area (TPSA) is 29.3 Å². The van der Waals surface area contributed by atoms with Gasteiger partial charge in [0.15, 0.2) is 0 Å². The van der Waals surface area contributed by atoms with Gasteiger partial charge in [0.2, 0.25) is 0 Å². The third-order valence-electron chi connectivity index (χ3n) is 3.10. The fourth-order valence-corrected chi connectivity index (χ4v) is 4.31. The Morgan fingerprint density at radius 1 is 1.35 bits per heavy atom. The van der Waals surface area contributed by atoms with Gasteiger partial charge >= 0.3 is 0 Å². The van der Waals surface area contributed by atoms with E-state index in [1.807, 2.05) is 18.2 Å². The Hall–Kier alpha value is 0.0900. The number of likely N-dealkylation sites (N-methyl/N-ethyl adjacent to an activating group) is 1. The fraction of sp³-hybridized carbons (Fsp3) is 0.286. The molecule has 0 aliphatic heterocycles. The van der Waals surface area contributed by atoms with Gasteiger partial charge in [-0.05, 0) is 52.8 Å². The molecule has 0 spiro atoms. The molecule has 2 aromatic rings. The van der Waals surface area contributed by atoms with Crippen LogP contribution in [0.2, 0.25) is 5.02 Å². The second-order valence-corrected chi connectivity index (χ2v) is 7.77. The minimum atomic E-state index is 0.129. The molecule has 0 fully saturated rings. The lowest BCUT2D eigenvalue weighted by Gasteiger charge is -2.28. The van der Waals surface area contributed by atoms with E-state index < -0.39 is 0 Å². The Balaban J connectivity index is 2.20. The van der Waals surface area contributed by atoms with Gasteiger partial charge in [0.05, 0.1) is 0 Å². The van der Waals surface area contributed by atoms with E-state index >= 15 is 0 Å². The zero-order valence-electron chi connectivity index (χ0n) is 10.9. The Labute approximate surface area is 145 Å². The predicted molar refractivity (Wildman–Crippen MR) is 94.4 cm³/mol. The minimum absolute atomic E-state index is 0.129. The van der Waals surface area contributed by atoms with E-state index in [9.17, 15) is 0 Å². The lowest BCUT2D eigenvalue weighted by Crippen LogP contribution is -2.30. The first-order valence-electron chi connectivity index (χ1n) is 6.09. The summed E-state index contributed by atoms with van der Waals surface area (Å²) >= 11 is 14.9. The standard InChI is InChI=1S/C14H15Br2ClN2S/c1-19(7-11-4-9(15)8-20-11)14(6-18)12-5-10(17)2-3-13(12)16/h2-5,8,14H,6-7,18H2,1H3. The van der Waals surface area contributed by atoms with Crippen molar-refractivity contribution in [3.63, 3.8) is 0 Å². The van der Waals surface area contributed by atoms with Crippen LogP contribution in [-0.4, -0.2) is 18.5 Å². The molecular formula is C14H15Br2ClN2S. The molecule has 0 amide bonds. The summed E-state index contributed by atoms with van der Waals surface area (Å²) in [6.45, 7) is 1.40. The van der Waals surface area contributed by atoms with Crippen molar-refractivity contribution in [1.29, 1.82) is 0 Å². The number of benzene rings is 1. The molecule has 0 aliphatic carbocycles. The van der Waals surface area contributed by atoms with E-state index in [0.29, 0.717) is 6.54 Å². The normalized spacial score (nSPS) is 12.9. The fourth-order valence-electron chi connectivity index (χ4n) is 2.11. The van der Waals surface area contributed by atoms with Gasteiger partial charge in [-0.2, -0.15) is 0 Å². The summed E-state index contributed by atoms with van der Waals surface area (Å²) in [6, 6.07) is 8.09. The molecule has 108 valence electrons. The zero-order valence-corrected chi connectivity index (χ0v) is 15.7. The lowest BCUT2D eigenvalue weighted by molar-refractivity contribution is 0.243. The molecule has 0 radical (unpaired) electrons. The summed E-state index contributed by atoms with van der Waals surface area (Å²) in [6.07, 6.45) is 0. The molecule has 1 heterocycles. The highest BCUT2D eigenvalue weighted by molar-refractivity contribution is 9.10. The molecule has 6 heteroatoms. The summed E-state index contributed by atoms with van der Waals surface area (Å²) in [7, 11) is 2.08. The molecule has 1 aromatic carbocycles. The maximum absolute atomic E-state index is 6.10. The molecule has 1 atom stereocenters. The number of rotatable bonds is 5. The van der Waals surface area contributed by atoms with Crippen LogP contribution in [-0.2, 0) is 6.54 Å². The molecule has 20 heavy (non-hydrogen) atoms. The highest BCUT2D eigenvalue weighted by Gasteiger charge is 2.19. The molecule has 2 nitrogen and oxygen atoms in total. The monoisotopic (exact) mass is 436 g/mol. The van der Waals surface area contributed by atoms with E-state index in [0.717, 1.165) is 26.1 Å². The zero-order chi connectivity index (χ0) is 14.7. The van der Waals surface area contributed by atoms with Crippen LogP contribution in [0.15, 0.2) is 38.6 Å². The predicted octanol–water partition coefficient (Wildman–Crippen LogP) is 5.06. The first kappa shape index (κ1) is 16.5. The smallest absolute Gasteiger partial charge is 0.0482 e. The van der Waals surface area contributed by atoms with Gasteiger partial charge in [0, 0.05) is 43.4 Å². The van der Waals surface area contributed by atoms with Gasteiger partial charge in [-0.15, -0.1) is 11.3 Å². The van der Waals surface area contributed by atoms with Crippen molar-refractivity contribution in [1.82, 2.24) is 4.90 Å². The van der Waals surface area contributed by atoms with Gasteiger partial charge in [-0.3, -0.25) is 4.90 Å². The quantitative estimate of drug-likeness (QED) is 0.707. The van der Waals surface area contributed by atoms with Crippen LogP contribution >= 0.6 is 54.8 Å². The van der Waals surface area contributed by atoms with Crippen LogP contribution in [0.1, 0.15) is 16.5 Å². The molecule has 1 aromatic heterocycles. The Bertz CT molecular complexity index is 588. The Morgan fingerprint density at radius 3 is 2.70 bits per heavy atom. The van der Waals surface area contributed by atoms with E-state index in [-0.39, 0.29) is 6.04 Å². The SMILES string of the molecule is CN(Cc1cc(Br)cs1)C(CN)c1cc(Cl)ccc1Br. The largest absolute Gasteiger partial charge is 0.329 e. The summed E-state index contributed by atoms with van der Waals surface area (Å²) in [5.74, 6) is 0. The van der Waals surface area contributed by atoms with Crippen molar-refractivity contribution in [2.75, 3.05) is 13.6 Å². The highest BCUT2D eigenvalue weighted by atomic mass is 79.9. The van der Waals surface area contributed by atoms with Crippen molar-refractivity contribution in [3.05, 3.63) is 54.1 Å². The van der Waals surface area contributed by atoms with Crippen LogP contribution in [0, 0.1) is 0 Å². The number of thiophene rings is 1. The molecule has 0 saturated heterocycles. The van der Waals surface area contributed by atoms with Crippen molar-refractivity contribution in [2.24, 2.45) is 5.73 Å². The Kier molecular flexibility index (Phi) is 6.08. The summed E-state index contributed by atoms with van der Waals surface area (Å²) in [5.41, 5.74) is 7.10. The molecule has 0 bridgehead atoms. The third-order valence-corrected chi connectivity index (χ3v) is 5.74. The summed E-state index contributed by atoms with van der Waals surface area (Å²) in [4.78, 5) is 3.55. The lowest BCUT2D eigenvalue weighted by atomic mass is 10.1. The van der Waals surface area contributed by atoms with Crippen LogP contribution in [0.5, 0.6) is 0 Å². The van der Waals surface area contributed by atoms with E-state index in [1.165, 1.54) is 4.88 Å². The van der Waals surface area contributed by atoms with Crippen LogP contribution in [0.25, 0.3) is 0 Å². The maximum Gasteiger partial charge on any atom is 0.0482 e. The first-order chi connectivity index (χ1) is 9.51. The molecule has 2 N–H and O–H groups in total. The van der Waals surface area contributed by atoms with Crippen molar-refractivity contribution in [3.8, 4) is 0 Å². The molecule has 0 saturated carbocycles. The second-order valence-electron chi connectivity index (χ2n) is 4.56. The number of halogens is 3. The van der Waals surface area contributed by atoms with Crippen molar-refractivity contribution >= 4 is 54.8 Å². The maximum atomic E-state index is 6.10. The van der Waals surface area contributed by atoms with Crippen molar-refractivity contribution < 1.29 is 0 Å². The summed E-state index contributed by atoms with van der Waals surface area (Å²) < 4.78 is 2.16. The van der Waals surface area contributed by atoms with Gasteiger partial charge in [0.25, 0.3) is 0 Å². The van der Waals surface area contributed by atoms with Crippen LogP contribution in [0.4, 0.5) is 0 Å². The van der Waals surface area contributed by atoms with Crippen molar-refractivity contribution in [2.45, 2.75) is 12.6 Å². The third kappa shape index (κ3) is 4.06. The van der Waals surface area contributed by atoms with Crippen LogP contribution in [0.3, 0.4) is 0 Å². The molecule has 2 rings (SSSR count). The average Bonchev–Trinajstić information content (AvgIpc) is 2.80. The van der Waals surface area contributed by atoms with E-state index in [4.69, 9.17) is 17.3 Å². The van der Waals surface area contributed by atoms with Gasteiger partial charge < -0.3 is 5.73 Å². The summed E-state index contributed by atoms with van der Waals surface area (Å²) in [5, 5.41) is 2.82. The van der Waals surface area contributed by atoms with Crippen LogP contribution < -0.4 is 5.73 Å². The Morgan fingerprint density at radius 2 is 2.10 bits per heavy atom. The first-order valence-corrected chi connectivity index (χ1v) is 8.93. The molecule has 0 aliphatic rings.